The van der Waals surface area contributed by atoms with Crippen molar-refractivity contribution in [3.8, 4) is 0 Å². The fraction of sp³-hybridized carbons (Fsp3) is 1.00. The van der Waals surface area contributed by atoms with Crippen LogP contribution in [0, 0.1) is 0 Å². The Hall–Kier alpha value is -0.120. The van der Waals surface area contributed by atoms with E-state index in [9.17, 15) is 5.11 Å². The molecular weight excluding hydrogens is 152 g/mol. The Morgan fingerprint density at radius 2 is 2.33 bits per heavy atom. The van der Waals surface area contributed by atoms with Crippen molar-refractivity contribution in [2.45, 2.75) is 38.3 Å². The highest BCUT2D eigenvalue weighted by molar-refractivity contribution is 4.85. The zero-order chi connectivity index (χ0) is 9.19. The number of piperidine rings is 1. The predicted octanol–water partition coefficient (Wildman–Crippen LogP) is 0.180. The Kier molecular flexibility index (Phi) is 3.09. The number of nitrogens with zero attached hydrogens (tertiary/aromatic N) is 1. The first kappa shape index (κ1) is 9.96. The standard InChI is InChI=1S/C9H20N2O/c1-8(6-10)11-5-3-4-9(2,12)7-11/h8,12H,3-7,10H2,1-2H3. The molecule has 0 aliphatic carbocycles. The molecule has 1 fully saturated rings. The van der Waals surface area contributed by atoms with Crippen LogP contribution < -0.4 is 5.73 Å². The smallest absolute Gasteiger partial charge is 0.0746 e. The minimum absolute atomic E-state index is 0.400. The molecule has 72 valence electrons. The average molecular weight is 172 g/mol. The van der Waals surface area contributed by atoms with E-state index in [0.29, 0.717) is 12.6 Å². The minimum Gasteiger partial charge on any atom is -0.389 e. The van der Waals surface area contributed by atoms with E-state index >= 15 is 0 Å². The van der Waals surface area contributed by atoms with E-state index < -0.39 is 5.60 Å². The van der Waals surface area contributed by atoms with Gasteiger partial charge in [0, 0.05) is 19.1 Å². The second-order valence-corrected chi connectivity index (χ2v) is 4.16. The van der Waals surface area contributed by atoms with Gasteiger partial charge in [0.1, 0.15) is 0 Å². The molecular formula is C9H20N2O. The number of nitrogens with two attached hydrogens (primary N) is 1. The van der Waals surface area contributed by atoms with Crippen molar-refractivity contribution < 1.29 is 5.11 Å². The van der Waals surface area contributed by atoms with Crippen molar-refractivity contribution in [3.63, 3.8) is 0 Å². The molecule has 12 heavy (non-hydrogen) atoms. The maximum Gasteiger partial charge on any atom is 0.0746 e. The molecule has 2 unspecified atom stereocenters. The molecule has 3 heteroatoms. The van der Waals surface area contributed by atoms with Crippen LogP contribution in [-0.2, 0) is 0 Å². The summed E-state index contributed by atoms with van der Waals surface area (Å²) in [6, 6.07) is 0.400. The molecule has 0 aromatic heterocycles. The van der Waals surface area contributed by atoms with E-state index in [4.69, 9.17) is 5.73 Å². The Bertz CT molecular complexity index is 147. The van der Waals surface area contributed by atoms with Gasteiger partial charge < -0.3 is 10.8 Å². The van der Waals surface area contributed by atoms with Crippen LogP contribution in [0.1, 0.15) is 26.7 Å². The van der Waals surface area contributed by atoms with Gasteiger partial charge in [0.25, 0.3) is 0 Å². The van der Waals surface area contributed by atoms with Gasteiger partial charge in [-0.2, -0.15) is 0 Å². The van der Waals surface area contributed by atoms with Crippen LogP contribution in [0.25, 0.3) is 0 Å². The van der Waals surface area contributed by atoms with Crippen molar-refractivity contribution in [1.29, 1.82) is 0 Å². The summed E-state index contributed by atoms with van der Waals surface area (Å²) in [5.74, 6) is 0. The van der Waals surface area contributed by atoms with Crippen LogP contribution in [0.5, 0.6) is 0 Å². The lowest BCUT2D eigenvalue weighted by atomic mass is 9.94. The number of hydrogen-bond donors (Lipinski definition) is 2. The summed E-state index contributed by atoms with van der Waals surface area (Å²) in [7, 11) is 0. The van der Waals surface area contributed by atoms with Crippen LogP contribution >= 0.6 is 0 Å². The molecule has 0 aromatic carbocycles. The molecule has 0 saturated carbocycles. The maximum absolute atomic E-state index is 9.81. The number of likely N-dealkylation sites (tertiary alicyclic amines) is 1. The van der Waals surface area contributed by atoms with Crippen LogP contribution in [0.4, 0.5) is 0 Å². The summed E-state index contributed by atoms with van der Waals surface area (Å²) in [4.78, 5) is 2.27. The molecule has 1 aliphatic rings. The SMILES string of the molecule is CC(CN)N1CCCC(C)(O)C1. The first-order valence-electron chi connectivity index (χ1n) is 4.72. The van der Waals surface area contributed by atoms with E-state index in [0.717, 1.165) is 25.9 Å². The van der Waals surface area contributed by atoms with Gasteiger partial charge in [0.2, 0.25) is 0 Å². The third-order valence-corrected chi connectivity index (χ3v) is 2.67. The Labute approximate surface area is 74.5 Å². The average Bonchev–Trinajstić information content (AvgIpc) is 2.01. The molecule has 2 atom stereocenters. The zero-order valence-electron chi connectivity index (χ0n) is 8.08. The molecule has 1 aliphatic heterocycles. The first-order valence-corrected chi connectivity index (χ1v) is 4.72. The highest BCUT2D eigenvalue weighted by Crippen LogP contribution is 2.21. The lowest BCUT2D eigenvalue weighted by Gasteiger charge is -2.39. The number of rotatable bonds is 2. The van der Waals surface area contributed by atoms with E-state index in [1.807, 2.05) is 6.92 Å². The third-order valence-electron chi connectivity index (χ3n) is 2.67. The first-order chi connectivity index (χ1) is 5.55. The summed E-state index contributed by atoms with van der Waals surface area (Å²) in [5, 5.41) is 9.81. The molecule has 0 radical (unpaired) electrons. The second-order valence-electron chi connectivity index (χ2n) is 4.16. The summed E-state index contributed by atoms with van der Waals surface area (Å²) in [6.45, 7) is 6.54. The van der Waals surface area contributed by atoms with Gasteiger partial charge in [-0.25, -0.2) is 0 Å². The fourth-order valence-electron chi connectivity index (χ4n) is 1.78. The van der Waals surface area contributed by atoms with Gasteiger partial charge in [-0.05, 0) is 33.2 Å². The van der Waals surface area contributed by atoms with Crippen molar-refractivity contribution in [2.75, 3.05) is 19.6 Å². The minimum atomic E-state index is -0.498. The van der Waals surface area contributed by atoms with Crippen LogP contribution in [0.2, 0.25) is 0 Å². The highest BCUT2D eigenvalue weighted by Gasteiger charge is 2.29. The summed E-state index contributed by atoms with van der Waals surface area (Å²) in [5.41, 5.74) is 5.07. The van der Waals surface area contributed by atoms with Gasteiger partial charge in [-0.3, -0.25) is 4.90 Å². The molecule has 0 spiro atoms. The van der Waals surface area contributed by atoms with Crippen molar-refractivity contribution in [2.24, 2.45) is 5.73 Å². The van der Waals surface area contributed by atoms with Gasteiger partial charge in [0.15, 0.2) is 0 Å². The normalized spacial score (nSPS) is 35.0. The molecule has 3 nitrogen and oxygen atoms in total. The summed E-state index contributed by atoms with van der Waals surface area (Å²) in [6.07, 6.45) is 2.00. The molecule has 3 N–H and O–H groups in total. The van der Waals surface area contributed by atoms with Gasteiger partial charge in [-0.15, -0.1) is 0 Å². The summed E-state index contributed by atoms with van der Waals surface area (Å²) >= 11 is 0. The molecule has 0 amide bonds. The highest BCUT2D eigenvalue weighted by atomic mass is 16.3. The van der Waals surface area contributed by atoms with E-state index in [1.165, 1.54) is 0 Å². The van der Waals surface area contributed by atoms with Crippen LogP contribution in [-0.4, -0.2) is 41.3 Å². The van der Waals surface area contributed by atoms with Crippen molar-refractivity contribution in [1.82, 2.24) is 4.90 Å². The van der Waals surface area contributed by atoms with Gasteiger partial charge in [0.05, 0.1) is 5.60 Å². The van der Waals surface area contributed by atoms with Crippen molar-refractivity contribution >= 4 is 0 Å². The van der Waals surface area contributed by atoms with Crippen LogP contribution in [0.3, 0.4) is 0 Å². The monoisotopic (exact) mass is 172 g/mol. The Balaban J connectivity index is 2.46. The maximum atomic E-state index is 9.81. The fourth-order valence-corrected chi connectivity index (χ4v) is 1.78. The predicted molar refractivity (Wildman–Crippen MR) is 49.9 cm³/mol. The number of aliphatic hydroxyl groups is 1. The number of hydrogen-bond acceptors (Lipinski definition) is 3. The second kappa shape index (κ2) is 3.73. The molecule has 1 heterocycles. The zero-order valence-corrected chi connectivity index (χ0v) is 8.08. The van der Waals surface area contributed by atoms with E-state index in [-0.39, 0.29) is 0 Å². The lowest BCUT2D eigenvalue weighted by Crippen LogP contribution is -2.51. The molecule has 1 saturated heterocycles. The van der Waals surface area contributed by atoms with Crippen LogP contribution in [0.15, 0.2) is 0 Å². The van der Waals surface area contributed by atoms with Gasteiger partial charge >= 0.3 is 0 Å². The lowest BCUT2D eigenvalue weighted by molar-refractivity contribution is -0.0263. The summed E-state index contributed by atoms with van der Waals surface area (Å²) < 4.78 is 0. The Morgan fingerprint density at radius 3 is 2.83 bits per heavy atom. The van der Waals surface area contributed by atoms with Gasteiger partial charge in [-0.1, -0.05) is 0 Å². The molecule has 0 aromatic rings. The largest absolute Gasteiger partial charge is 0.389 e. The Morgan fingerprint density at radius 1 is 1.67 bits per heavy atom. The van der Waals surface area contributed by atoms with E-state index in [1.54, 1.807) is 0 Å². The van der Waals surface area contributed by atoms with E-state index in [2.05, 4.69) is 11.8 Å². The number of β-amino-alcohol motifs (C(OH)–C–C–N with tert-alkyl or cyclic N) is 1. The third kappa shape index (κ3) is 2.44. The molecule has 1 rings (SSSR count). The topological polar surface area (TPSA) is 49.5 Å². The quantitative estimate of drug-likeness (QED) is 0.625. The van der Waals surface area contributed by atoms with Crippen molar-refractivity contribution in [3.05, 3.63) is 0 Å². The molecule has 0 bridgehead atoms.